The molecule has 0 spiro atoms. The molecule has 1 heterocycles. The molecular formula is C17H23NO. The maximum absolute atomic E-state index is 12.6. The van der Waals surface area contributed by atoms with Gasteiger partial charge in [-0.1, -0.05) is 31.5 Å². The zero-order chi connectivity index (χ0) is 13.2. The molecule has 3 rings (SSSR count). The number of para-hydroxylation sites is 1. The number of carbonyl (C=O) groups is 1. The molecule has 1 unspecified atom stereocenters. The van der Waals surface area contributed by atoms with E-state index in [1.807, 2.05) is 6.07 Å². The van der Waals surface area contributed by atoms with Crippen molar-refractivity contribution in [3.05, 3.63) is 29.8 Å². The van der Waals surface area contributed by atoms with Crippen molar-refractivity contribution in [2.75, 3.05) is 5.32 Å². The van der Waals surface area contributed by atoms with Crippen molar-refractivity contribution in [1.29, 1.82) is 0 Å². The lowest BCUT2D eigenvalue weighted by molar-refractivity contribution is -0.124. The van der Waals surface area contributed by atoms with Crippen LogP contribution in [0.2, 0.25) is 0 Å². The number of Topliss-reactive ketones (excluding diaryl/α,β-unsaturated/α-hetero) is 1. The Morgan fingerprint density at radius 1 is 1.21 bits per heavy atom. The zero-order valence-corrected chi connectivity index (χ0v) is 11.7. The van der Waals surface area contributed by atoms with E-state index in [-0.39, 0.29) is 6.04 Å². The number of carbonyl (C=O) groups excluding carboxylic acids is 1. The monoisotopic (exact) mass is 257 g/mol. The topological polar surface area (TPSA) is 29.1 Å². The number of benzene rings is 1. The molecule has 1 aromatic rings. The molecular weight excluding hydrogens is 234 g/mol. The molecule has 1 fully saturated rings. The molecule has 0 amide bonds. The second kappa shape index (κ2) is 5.36. The summed E-state index contributed by atoms with van der Waals surface area (Å²) in [6.45, 7) is 2.27. The molecule has 1 aliphatic carbocycles. The minimum absolute atomic E-state index is 0.0283. The van der Waals surface area contributed by atoms with Crippen LogP contribution < -0.4 is 5.32 Å². The number of hydrogen-bond acceptors (Lipinski definition) is 2. The maximum atomic E-state index is 12.6. The van der Waals surface area contributed by atoms with Gasteiger partial charge in [0.15, 0.2) is 5.78 Å². The van der Waals surface area contributed by atoms with Crippen molar-refractivity contribution in [2.45, 2.75) is 51.5 Å². The number of fused-ring (bicyclic) bond motifs is 1. The Morgan fingerprint density at radius 3 is 2.63 bits per heavy atom. The molecule has 1 aromatic carbocycles. The van der Waals surface area contributed by atoms with Crippen LogP contribution in [0, 0.1) is 11.8 Å². The fourth-order valence-electron chi connectivity index (χ4n) is 3.61. The molecule has 1 aliphatic heterocycles. The number of nitrogens with one attached hydrogen (secondary N) is 1. The van der Waals surface area contributed by atoms with Crippen molar-refractivity contribution in [3.8, 4) is 0 Å². The smallest absolute Gasteiger partial charge is 0.158 e. The van der Waals surface area contributed by atoms with Gasteiger partial charge in [-0.2, -0.15) is 0 Å². The molecule has 0 bridgehead atoms. The van der Waals surface area contributed by atoms with Gasteiger partial charge in [0.25, 0.3) is 0 Å². The first-order chi connectivity index (χ1) is 9.28. The van der Waals surface area contributed by atoms with Crippen LogP contribution in [0.4, 0.5) is 5.69 Å². The summed E-state index contributed by atoms with van der Waals surface area (Å²) >= 11 is 0. The summed E-state index contributed by atoms with van der Waals surface area (Å²) < 4.78 is 0. The first-order valence-corrected chi connectivity index (χ1v) is 7.66. The van der Waals surface area contributed by atoms with E-state index >= 15 is 0 Å². The van der Waals surface area contributed by atoms with Crippen LogP contribution in [0.25, 0.3) is 0 Å². The van der Waals surface area contributed by atoms with Crippen molar-refractivity contribution < 1.29 is 4.79 Å². The molecule has 2 nitrogen and oxygen atoms in total. The molecule has 0 aromatic heterocycles. The van der Waals surface area contributed by atoms with Crippen LogP contribution in [0.15, 0.2) is 24.3 Å². The van der Waals surface area contributed by atoms with Gasteiger partial charge in [0, 0.05) is 18.0 Å². The number of ketones is 1. The molecule has 0 radical (unpaired) electrons. The predicted octanol–water partition coefficient (Wildman–Crippen LogP) is 3.81. The van der Waals surface area contributed by atoms with Crippen LogP contribution in [-0.4, -0.2) is 11.8 Å². The summed E-state index contributed by atoms with van der Waals surface area (Å²) in [6, 6.07) is 8.33. The second-order valence-electron chi connectivity index (χ2n) is 6.09. The Balaban J connectivity index is 1.61. The lowest BCUT2D eigenvalue weighted by atomic mass is 9.77. The highest BCUT2D eigenvalue weighted by molar-refractivity contribution is 5.91. The molecule has 1 N–H and O–H groups in total. The fourth-order valence-corrected chi connectivity index (χ4v) is 3.61. The second-order valence-corrected chi connectivity index (χ2v) is 6.09. The van der Waals surface area contributed by atoms with E-state index in [1.54, 1.807) is 0 Å². The van der Waals surface area contributed by atoms with Crippen molar-refractivity contribution in [2.24, 2.45) is 11.8 Å². The summed E-state index contributed by atoms with van der Waals surface area (Å²) in [7, 11) is 0. The predicted molar refractivity (Wildman–Crippen MR) is 78.3 cm³/mol. The van der Waals surface area contributed by atoms with Crippen molar-refractivity contribution in [3.63, 3.8) is 0 Å². The summed E-state index contributed by atoms with van der Waals surface area (Å²) in [5.74, 6) is 1.61. The Hall–Kier alpha value is -1.31. The molecule has 19 heavy (non-hydrogen) atoms. The van der Waals surface area contributed by atoms with Crippen LogP contribution in [0.3, 0.4) is 0 Å². The quantitative estimate of drug-likeness (QED) is 0.892. The number of rotatable bonds is 3. The fraction of sp³-hybridized carbons (Fsp3) is 0.588. The minimum Gasteiger partial charge on any atom is -0.375 e. The molecule has 1 saturated carbocycles. The van der Waals surface area contributed by atoms with Gasteiger partial charge < -0.3 is 5.32 Å². The van der Waals surface area contributed by atoms with Gasteiger partial charge in [0.1, 0.15) is 0 Å². The van der Waals surface area contributed by atoms with E-state index in [4.69, 9.17) is 0 Å². The Bertz CT molecular complexity index is 435. The first kappa shape index (κ1) is 12.7. The van der Waals surface area contributed by atoms with Gasteiger partial charge in [0.05, 0.1) is 6.04 Å². The highest BCUT2D eigenvalue weighted by atomic mass is 16.1. The highest BCUT2D eigenvalue weighted by Crippen LogP contribution is 2.34. The molecule has 2 aliphatic rings. The van der Waals surface area contributed by atoms with Crippen LogP contribution >= 0.6 is 0 Å². The van der Waals surface area contributed by atoms with Crippen molar-refractivity contribution >= 4 is 11.5 Å². The van der Waals surface area contributed by atoms with Gasteiger partial charge in [-0.3, -0.25) is 4.79 Å². The SMILES string of the molecule is CCC1CCC(C(=O)C2Cc3ccccc3N2)CC1. The van der Waals surface area contributed by atoms with E-state index in [0.717, 1.165) is 30.9 Å². The Labute approximate surface area is 115 Å². The molecule has 2 heteroatoms. The molecule has 102 valence electrons. The first-order valence-electron chi connectivity index (χ1n) is 7.66. The third-order valence-electron chi connectivity index (χ3n) is 4.94. The average Bonchev–Trinajstić information content (AvgIpc) is 2.90. The summed E-state index contributed by atoms with van der Waals surface area (Å²) in [6.07, 6.45) is 6.84. The third kappa shape index (κ3) is 2.54. The third-order valence-corrected chi connectivity index (χ3v) is 4.94. The highest BCUT2D eigenvalue weighted by Gasteiger charge is 2.33. The summed E-state index contributed by atoms with van der Waals surface area (Å²) in [5.41, 5.74) is 2.45. The van der Waals surface area contributed by atoms with E-state index in [9.17, 15) is 4.79 Å². The van der Waals surface area contributed by atoms with Gasteiger partial charge in [-0.25, -0.2) is 0 Å². The van der Waals surface area contributed by atoms with Gasteiger partial charge in [-0.05, 0) is 43.2 Å². The Kier molecular flexibility index (Phi) is 3.58. The maximum Gasteiger partial charge on any atom is 0.158 e. The number of hydrogen-bond donors (Lipinski definition) is 1. The molecule has 1 atom stereocenters. The van der Waals surface area contributed by atoms with E-state index in [2.05, 4.69) is 30.4 Å². The van der Waals surface area contributed by atoms with Gasteiger partial charge in [-0.15, -0.1) is 0 Å². The van der Waals surface area contributed by atoms with Gasteiger partial charge >= 0.3 is 0 Å². The van der Waals surface area contributed by atoms with Crippen LogP contribution in [0.1, 0.15) is 44.6 Å². The summed E-state index contributed by atoms with van der Waals surface area (Å²) in [5, 5.41) is 3.41. The van der Waals surface area contributed by atoms with E-state index < -0.39 is 0 Å². The largest absolute Gasteiger partial charge is 0.375 e. The van der Waals surface area contributed by atoms with Crippen molar-refractivity contribution in [1.82, 2.24) is 0 Å². The standard InChI is InChI=1S/C17H23NO/c1-2-12-7-9-13(10-8-12)17(19)16-11-14-5-3-4-6-15(14)18-16/h3-6,12-13,16,18H,2,7-11H2,1H3. The van der Waals surface area contributed by atoms with Crippen LogP contribution in [0.5, 0.6) is 0 Å². The van der Waals surface area contributed by atoms with E-state index in [1.165, 1.54) is 24.8 Å². The average molecular weight is 257 g/mol. The van der Waals surface area contributed by atoms with Gasteiger partial charge in [0.2, 0.25) is 0 Å². The summed E-state index contributed by atoms with van der Waals surface area (Å²) in [4.78, 5) is 12.6. The van der Waals surface area contributed by atoms with Crippen LogP contribution in [-0.2, 0) is 11.2 Å². The molecule has 0 saturated heterocycles. The zero-order valence-electron chi connectivity index (χ0n) is 11.7. The van der Waals surface area contributed by atoms with E-state index in [0.29, 0.717) is 11.7 Å². The minimum atomic E-state index is 0.0283. The number of anilines is 1. The lowest BCUT2D eigenvalue weighted by Crippen LogP contribution is -2.35. The lowest BCUT2D eigenvalue weighted by Gasteiger charge is -2.28. The normalized spacial score (nSPS) is 29.6. The Morgan fingerprint density at radius 2 is 1.95 bits per heavy atom.